The number of carbonyl (C=O) groups excluding carboxylic acids is 3. The van der Waals surface area contributed by atoms with Gasteiger partial charge in [-0.2, -0.15) is 0 Å². The third-order valence-corrected chi connectivity index (χ3v) is 14.6. The molecule has 0 N–H and O–H groups in total. The van der Waals surface area contributed by atoms with Gasteiger partial charge >= 0.3 is 17.9 Å². The summed E-state index contributed by atoms with van der Waals surface area (Å²) in [4.78, 5) is 38.1. The summed E-state index contributed by atoms with van der Waals surface area (Å²) in [6.07, 6.45) is 67.0. The molecule has 0 aliphatic heterocycles. The Bertz CT molecular complexity index is 1030. The molecule has 0 saturated heterocycles. The quantitative estimate of drug-likeness (QED) is 0.0343. The Labute approximate surface area is 431 Å². The number of rotatable bonds is 59. The van der Waals surface area contributed by atoms with Crippen molar-refractivity contribution >= 4 is 17.9 Å². The number of hydrogen-bond acceptors (Lipinski definition) is 6. The van der Waals surface area contributed by atoms with Gasteiger partial charge in [0, 0.05) is 19.3 Å². The molecule has 0 spiro atoms. The maximum absolute atomic E-state index is 12.9. The fraction of sp³-hybridized carbons (Fsp3) is 0.952. The first kappa shape index (κ1) is 67.4. The SMILES string of the molecule is CCCCCCCCCCCCCCCCCCCCCCCCC(=O)OCC(COC(=O)CCCCCCCCCC)OC(=O)CCCCCCCCCCCCCCCCCCCCCCC. The Morgan fingerprint density at radius 1 is 0.232 bits per heavy atom. The first-order valence-corrected chi connectivity index (χ1v) is 31.5. The molecule has 69 heavy (non-hydrogen) atoms. The summed E-state index contributed by atoms with van der Waals surface area (Å²) in [5, 5.41) is 0. The molecule has 0 aromatic heterocycles. The molecule has 0 aromatic carbocycles. The zero-order valence-corrected chi connectivity index (χ0v) is 47.1. The molecule has 6 nitrogen and oxygen atoms in total. The van der Waals surface area contributed by atoms with Crippen molar-refractivity contribution in [2.75, 3.05) is 13.2 Å². The molecule has 0 amide bonds. The van der Waals surface area contributed by atoms with Crippen molar-refractivity contribution in [2.45, 2.75) is 374 Å². The number of esters is 3. The summed E-state index contributed by atoms with van der Waals surface area (Å²) < 4.78 is 16.9. The van der Waals surface area contributed by atoms with Gasteiger partial charge in [0.2, 0.25) is 0 Å². The molecule has 0 aliphatic rings. The van der Waals surface area contributed by atoms with Crippen LogP contribution in [0.2, 0.25) is 0 Å². The van der Waals surface area contributed by atoms with Crippen LogP contribution in [0.3, 0.4) is 0 Å². The minimum absolute atomic E-state index is 0.0613. The van der Waals surface area contributed by atoms with E-state index in [9.17, 15) is 14.4 Å². The molecular formula is C63H122O6. The average molecular weight is 976 g/mol. The molecule has 1 unspecified atom stereocenters. The van der Waals surface area contributed by atoms with E-state index in [4.69, 9.17) is 14.2 Å². The summed E-state index contributed by atoms with van der Waals surface area (Å²) >= 11 is 0. The average Bonchev–Trinajstić information content (AvgIpc) is 3.35. The van der Waals surface area contributed by atoms with Crippen molar-refractivity contribution < 1.29 is 28.6 Å². The van der Waals surface area contributed by atoms with E-state index >= 15 is 0 Å². The molecule has 0 aromatic rings. The topological polar surface area (TPSA) is 78.9 Å². The minimum Gasteiger partial charge on any atom is -0.462 e. The van der Waals surface area contributed by atoms with Gasteiger partial charge in [-0.1, -0.05) is 329 Å². The van der Waals surface area contributed by atoms with Crippen LogP contribution >= 0.6 is 0 Å². The zero-order valence-electron chi connectivity index (χ0n) is 47.1. The molecule has 0 heterocycles. The smallest absolute Gasteiger partial charge is 0.306 e. The van der Waals surface area contributed by atoms with E-state index in [0.717, 1.165) is 57.8 Å². The number of hydrogen-bond donors (Lipinski definition) is 0. The highest BCUT2D eigenvalue weighted by molar-refractivity contribution is 5.71. The van der Waals surface area contributed by atoms with Crippen molar-refractivity contribution in [1.82, 2.24) is 0 Å². The Morgan fingerprint density at radius 3 is 0.580 bits per heavy atom. The summed E-state index contributed by atoms with van der Waals surface area (Å²) in [7, 11) is 0. The third kappa shape index (κ3) is 57.2. The maximum Gasteiger partial charge on any atom is 0.306 e. The van der Waals surface area contributed by atoms with Gasteiger partial charge in [0.05, 0.1) is 0 Å². The van der Waals surface area contributed by atoms with Crippen molar-refractivity contribution in [3.05, 3.63) is 0 Å². The van der Waals surface area contributed by atoms with Crippen LogP contribution in [0.4, 0.5) is 0 Å². The van der Waals surface area contributed by atoms with Crippen LogP contribution in [0.5, 0.6) is 0 Å². The van der Waals surface area contributed by atoms with E-state index in [1.807, 2.05) is 0 Å². The van der Waals surface area contributed by atoms with Crippen LogP contribution in [0.15, 0.2) is 0 Å². The molecule has 410 valence electrons. The molecule has 6 heteroatoms. The predicted octanol–water partition coefficient (Wildman–Crippen LogP) is 21.1. The molecule has 0 radical (unpaired) electrons. The van der Waals surface area contributed by atoms with Gasteiger partial charge in [-0.15, -0.1) is 0 Å². The van der Waals surface area contributed by atoms with Crippen LogP contribution in [0, 0.1) is 0 Å². The Balaban J connectivity index is 4.11. The summed E-state index contributed by atoms with van der Waals surface area (Å²) in [5.41, 5.74) is 0. The monoisotopic (exact) mass is 975 g/mol. The Morgan fingerprint density at radius 2 is 0.391 bits per heavy atom. The van der Waals surface area contributed by atoms with E-state index in [1.165, 1.54) is 270 Å². The van der Waals surface area contributed by atoms with Gasteiger partial charge in [-0.05, 0) is 19.3 Å². The van der Waals surface area contributed by atoms with E-state index in [-0.39, 0.29) is 31.1 Å². The first-order valence-electron chi connectivity index (χ1n) is 31.5. The highest BCUT2D eigenvalue weighted by atomic mass is 16.6. The molecule has 0 aliphatic carbocycles. The highest BCUT2D eigenvalue weighted by Gasteiger charge is 2.19. The molecular weight excluding hydrogens is 853 g/mol. The second kappa shape index (κ2) is 59.0. The third-order valence-electron chi connectivity index (χ3n) is 14.6. The van der Waals surface area contributed by atoms with E-state index < -0.39 is 6.10 Å². The lowest BCUT2D eigenvalue weighted by Crippen LogP contribution is -2.30. The number of ether oxygens (including phenoxy) is 3. The van der Waals surface area contributed by atoms with Gasteiger partial charge in [-0.25, -0.2) is 0 Å². The Kier molecular flexibility index (Phi) is 57.6. The van der Waals surface area contributed by atoms with Crippen LogP contribution in [-0.4, -0.2) is 37.2 Å². The molecule has 1 atom stereocenters. The van der Waals surface area contributed by atoms with Crippen molar-refractivity contribution in [3.8, 4) is 0 Å². The lowest BCUT2D eigenvalue weighted by Gasteiger charge is -2.18. The molecule has 0 saturated carbocycles. The standard InChI is InChI=1S/C63H122O6/c1-4-7-10-13-16-19-21-23-25-27-29-31-33-34-36-38-40-42-44-47-50-53-56-62(65)68-59-60(58-67-61(64)55-52-49-46-18-15-12-9-6-3)69-63(66)57-54-51-48-45-43-41-39-37-35-32-30-28-26-24-22-20-17-14-11-8-5-2/h60H,4-59H2,1-3H3. The fourth-order valence-electron chi connectivity index (χ4n) is 9.86. The van der Waals surface area contributed by atoms with Gasteiger partial charge in [-0.3, -0.25) is 14.4 Å². The predicted molar refractivity (Wildman–Crippen MR) is 298 cm³/mol. The van der Waals surface area contributed by atoms with E-state index in [2.05, 4.69) is 20.8 Å². The van der Waals surface area contributed by atoms with Crippen LogP contribution in [-0.2, 0) is 28.6 Å². The highest BCUT2D eigenvalue weighted by Crippen LogP contribution is 2.18. The molecule has 0 rings (SSSR count). The molecule has 0 bridgehead atoms. The van der Waals surface area contributed by atoms with Crippen LogP contribution in [0.1, 0.15) is 367 Å². The minimum atomic E-state index is -0.761. The summed E-state index contributed by atoms with van der Waals surface area (Å²) in [6.45, 7) is 6.69. The second-order valence-corrected chi connectivity index (χ2v) is 21.7. The van der Waals surface area contributed by atoms with Gasteiger partial charge in [0.1, 0.15) is 13.2 Å². The van der Waals surface area contributed by atoms with Crippen molar-refractivity contribution in [3.63, 3.8) is 0 Å². The van der Waals surface area contributed by atoms with Gasteiger partial charge in [0.25, 0.3) is 0 Å². The van der Waals surface area contributed by atoms with E-state index in [1.54, 1.807) is 0 Å². The van der Waals surface area contributed by atoms with Gasteiger partial charge < -0.3 is 14.2 Å². The lowest BCUT2D eigenvalue weighted by molar-refractivity contribution is -0.167. The Hall–Kier alpha value is -1.59. The van der Waals surface area contributed by atoms with Crippen LogP contribution < -0.4 is 0 Å². The zero-order chi connectivity index (χ0) is 50.0. The first-order chi connectivity index (χ1) is 34.0. The normalized spacial score (nSPS) is 11.9. The number of unbranched alkanes of at least 4 members (excludes halogenated alkanes) is 48. The lowest BCUT2D eigenvalue weighted by atomic mass is 10.0. The summed E-state index contributed by atoms with van der Waals surface area (Å²) in [6, 6.07) is 0. The maximum atomic E-state index is 12.9. The largest absolute Gasteiger partial charge is 0.462 e. The molecule has 0 fully saturated rings. The van der Waals surface area contributed by atoms with Crippen molar-refractivity contribution in [1.29, 1.82) is 0 Å². The van der Waals surface area contributed by atoms with E-state index in [0.29, 0.717) is 19.3 Å². The van der Waals surface area contributed by atoms with Crippen LogP contribution in [0.25, 0.3) is 0 Å². The fourth-order valence-corrected chi connectivity index (χ4v) is 9.86. The second-order valence-electron chi connectivity index (χ2n) is 21.7. The van der Waals surface area contributed by atoms with Gasteiger partial charge in [0.15, 0.2) is 6.10 Å². The summed E-state index contributed by atoms with van der Waals surface area (Å²) in [5.74, 6) is -0.834. The number of carbonyl (C=O) groups is 3. The van der Waals surface area contributed by atoms with Crippen molar-refractivity contribution in [2.24, 2.45) is 0 Å².